The number of nitrogens with one attached hydrogen (secondary N) is 2. The molecule has 1 aromatic heterocycles. The van der Waals surface area contributed by atoms with Crippen molar-refractivity contribution in [2.75, 3.05) is 5.32 Å². The SMILES string of the molecule is O=C(O)CCc1cccc(Nc2ccn[nH]2)c1. The number of anilines is 2. The van der Waals surface area contributed by atoms with Crippen LogP contribution in [0.2, 0.25) is 0 Å². The zero-order chi connectivity index (χ0) is 12.1. The molecule has 0 unspecified atom stereocenters. The Bertz CT molecular complexity index is 494. The summed E-state index contributed by atoms with van der Waals surface area (Å²) in [5.74, 6) is 0.0253. The Morgan fingerprint density at radius 3 is 3.00 bits per heavy atom. The zero-order valence-electron chi connectivity index (χ0n) is 9.18. The maximum Gasteiger partial charge on any atom is 0.303 e. The number of carboxylic acid groups (broad SMARTS) is 1. The van der Waals surface area contributed by atoms with Gasteiger partial charge in [-0.05, 0) is 24.1 Å². The van der Waals surface area contributed by atoms with Gasteiger partial charge in [0.1, 0.15) is 5.82 Å². The lowest BCUT2D eigenvalue weighted by Gasteiger charge is -2.05. The number of aliphatic carboxylic acids is 1. The molecule has 0 amide bonds. The number of aromatic amines is 1. The maximum absolute atomic E-state index is 10.5. The molecule has 0 aliphatic carbocycles. The van der Waals surface area contributed by atoms with Crippen molar-refractivity contribution in [2.45, 2.75) is 12.8 Å². The molecule has 2 rings (SSSR count). The smallest absolute Gasteiger partial charge is 0.303 e. The van der Waals surface area contributed by atoms with Gasteiger partial charge in [-0.2, -0.15) is 5.10 Å². The van der Waals surface area contributed by atoms with Gasteiger partial charge in [-0.3, -0.25) is 9.89 Å². The number of carboxylic acids is 1. The van der Waals surface area contributed by atoms with Gasteiger partial charge in [0.2, 0.25) is 0 Å². The Hall–Kier alpha value is -2.30. The van der Waals surface area contributed by atoms with E-state index in [4.69, 9.17) is 5.11 Å². The number of aromatic nitrogens is 2. The largest absolute Gasteiger partial charge is 0.481 e. The Kier molecular flexibility index (Phi) is 3.40. The van der Waals surface area contributed by atoms with Gasteiger partial charge in [-0.15, -0.1) is 0 Å². The molecule has 0 aliphatic heterocycles. The van der Waals surface area contributed by atoms with Gasteiger partial charge in [0.05, 0.1) is 6.20 Å². The second-order valence-corrected chi connectivity index (χ2v) is 3.69. The maximum atomic E-state index is 10.5. The van der Waals surface area contributed by atoms with E-state index in [1.165, 1.54) is 0 Å². The Balaban J connectivity index is 2.03. The quantitative estimate of drug-likeness (QED) is 0.737. The normalized spacial score (nSPS) is 10.1. The van der Waals surface area contributed by atoms with Crippen LogP contribution in [-0.4, -0.2) is 21.3 Å². The number of H-pyrrole nitrogens is 1. The highest BCUT2D eigenvalue weighted by Gasteiger charge is 2.01. The van der Waals surface area contributed by atoms with Gasteiger partial charge in [0.15, 0.2) is 0 Å². The van der Waals surface area contributed by atoms with Crippen molar-refractivity contribution in [3.05, 3.63) is 42.1 Å². The molecule has 3 N–H and O–H groups in total. The number of rotatable bonds is 5. The predicted octanol–water partition coefficient (Wildman–Crippen LogP) is 2.17. The van der Waals surface area contributed by atoms with E-state index in [1.54, 1.807) is 6.20 Å². The van der Waals surface area contributed by atoms with Crippen LogP contribution in [-0.2, 0) is 11.2 Å². The minimum absolute atomic E-state index is 0.146. The van der Waals surface area contributed by atoms with Crippen LogP contribution in [0, 0.1) is 0 Å². The standard InChI is InChI=1S/C12H13N3O2/c16-12(17)5-4-9-2-1-3-10(8-9)14-11-6-7-13-15-11/h1-3,6-8H,4-5H2,(H,16,17)(H2,13,14,15). The number of benzene rings is 1. The fourth-order valence-corrected chi connectivity index (χ4v) is 1.54. The van der Waals surface area contributed by atoms with E-state index in [9.17, 15) is 4.79 Å². The zero-order valence-corrected chi connectivity index (χ0v) is 9.18. The lowest BCUT2D eigenvalue weighted by Crippen LogP contribution is -1.98. The summed E-state index contributed by atoms with van der Waals surface area (Å²) in [6, 6.07) is 9.50. The highest BCUT2D eigenvalue weighted by atomic mass is 16.4. The van der Waals surface area contributed by atoms with Gasteiger partial charge < -0.3 is 10.4 Å². The van der Waals surface area contributed by atoms with Gasteiger partial charge in [-0.25, -0.2) is 0 Å². The lowest BCUT2D eigenvalue weighted by atomic mass is 10.1. The van der Waals surface area contributed by atoms with E-state index >= 15 is 0 Å². The summed E-state index contributed by atoms with van der Waals surface area (Å²) in [5, 5.41) is 18.4. The third-order valence-electron chi connectivity index (χ3n) is 2.33. The van der Waals surface area contributed by atoms with Crippen LogP contribution in [0.3, 0.4) is 0 Å². The van der Waals surface area contributed by atoms with Crippen LogP contribution in [0.4, 0.5) is 11.5 Å². The van der Waals surface area contributed by atoms with Gasteiger partial charge in [0, 0.05) is 18.2 Å². The second-order valence-electron chi connectivity index (χ2n) is 3.69. The lowest BCUT2D eigenvalue weighted by molar-refractivity contribution is -0.136. The summed E-state index contributed by atoms with van der Waals surface area (Å²) in [6.45, 7) is 0. The van der Waals surface area contributed by atoms with E-state index in [1.807, 2.05) is 30.3 Å². The van der Waals surface area contributed by atoms with Crippen LogP contribution in [0.25, 0.3) is 0 Å². The molecule has 0 aliphatic rings. The van der Waals surface area contributed by atoms with Crippen molar-refractivity contribution in [1.82, 2.24) is 10.2 Å². The van der Waals surface area contributed by atoms with Crippen molar-refractivity contribution >= 4 is 17.5 Å². The molecule has 0 bridgehead atoms. The molecular weight excluding hydrogens is 218 g/mol. The summed E-state index contributed by atoms with van der Waals surface area (Å²) in [4.78, 5) is 10.5. The van der Waals surface area contributed by atoms with Crippen molar-refractivity contribution in [1.29, 1.82) is 0 Å². The monoisotopic (exact) mass is 231 g/mol. The number of hydrogen-bond donors (Lipinski definition) is 3. The number of hydrogen-bond acceptors (Lipinski definition) is 3. The van der Waals surface area contributed by atoms with E-state index in [2.05, 4.69) is 15.5 Å². The third-order valence-corrected chi connectivity index (χ3v) is 2.33. The summed E-state index contributed by atoms with van der Waals surface area (Å²) in [6.07, 6.45) is 2.35. The van der Waals surface area contributed by atoms with Crippen LogP contribution in [0.5, 0.6) is 0 Å². The van der Waals surface area contributed by atoms with Gasteiger partial charge >= 0.3 is 5.97 Å². The fourth-order valence-electron chi connectivity index (χ4n) is 1.54. The first-order valence-corrected chi connectivity index (χ1v) is 5.31. The van der Waals surface area contributed by atoms with E-state index < -0.39 is 5.97 Å². The number of carbonyl (C=O) groups is 1. The van der Waals surface area contributed by atoms with Crippen LogP contribution in [0.15, 0.2) is 36.5 Å². The van der Waals surface area contributed by atoms with E-state index in [0.717, 1.165) is 17.1 Å². The first-order chi connectivity index (χ1) is 8.24. The molecule has 17 heavy (non-hydrogen) atoms. The minimum Gasteiger partial charge on any atom is -0.481 e. The number of nitrogens with zero attached hydrogens (tertiary/aromatic N) is 1. The summed E-state index contributed by atoms with van der Waals surface area (Å²) >= 11 is 0. The van der Waals surface area contributed by atoms with Crippen molar-refractivity contribution in [3.63, 3.8) is 0 Å². The van der Waals surface area contributed by atoms with Crippen molar-refractivity contribution in [3.8, 4) is 0 Å². The molecule has 0 radical (unpaired) electrons. The molecule has 0 atom stereocenters. The molecular formula is C12H13N3O2. The first kappa shape index (κ1) is 11.2. The van der Waals surface area contributed by atoms with E-state index in [0.29, 0.717) is 6.42 Å². The molecule has 1 heterocycles. The second kappa shape index (κ2) is 5.16. The molecule has 0 saturated heterocycles. The Labute approximate surface area is 98.5 Å². The van der Waals surface area contributed by atoms with Crippen molar-refractivity contribution < 1.29 is 9.90 Å². The van der Waals surface area contributed by atoms with E-state index in [-0.39, 0.29) is 6.42 Å². The molecule has 1 aromatic carbocycles. The third kappa shape index (κ3) is 3.34. The van der Waals surface area contributed by atoms with Crippen LogP contribution in [0.1, 0.15) is 12.0 Å². The molecule has 5 heteroatoms. The molecule has 0 saturated carbocycles. The molecule has 5 nitrogen and oxygen atoms in total. The molecule has 0 spiro atoms. The number of aryl methyl sites for hydroxylation is 1. The highest BCUT2D eigenvalue weighted by molar-refractivity contribution is 5.67. The van der Waals surface area contributed by atoms with Crippen LogP contribution >= 0.6 is 0 Å². The molecule has 88 valence electrons. The fraction of sp³-hybridized carbons (Fsp3) is 0.167. The highest BCUT2D eigenvalue weighted by Crippen LogP contribution is 2.16. The summed E-state index contributed by atoms with van der Waals surface area (Å²) < 4.78 is 0. The first-order valence-electron chi connectivity index (χ1n) is 5.31. The summed E-state index contributed by atoms with van der Waals surface area (Å²) in [5.41, 5.74) is 1.91. The summed E-state index contributed by atoms with van der Waals surface area (Å²) in [7, 11) is 0. The predicted molar refractivity (Wildman–Crippen MR) is 64.3 cm³/mol. The van der Waals surface area contributed by atoms with Crippen LogP contribution < -0.4 is 5.32 Å². The van der Waals surface area contributed by atoms with Gasteiger partial charge in [-0.1, -0.05) is 12.1 Å². The molecule has 2 aromatic rings. The minimum atomic E-state index is -0.781. The Morgan fingerprint density at radius 1 is 1.41 bits per heavy atom. The Morgan fingerprint density at radius 2 is 2.29 bits per heavy atom. The average Bonchev–Trinajstić information content (AvgIpc) is 2.80. The molecule has 0 fully saturated rings. The average molecular weight is 231 g/mol. The van der Waals surface area contributed by atoms with Gasteiger partial charge in [0.25, 0.3) is 0 Å². The van der Waals surface area contributed by atoms with Crippen molar-refractivity contribution in [2.24, 2.45) is 0 Å². The topological polar surface area (TPSA) is 78.0 Å².